The van der Waals surface area contributed by atoms with Gasteiger partial charge in [0.15, 0.2) is 0 Å². The molecule has 2 nitrogen and oxygen atoms in total. The van der Waals surface area contributed by atoms with Gasteiger partial charge in [0, 0.05) is 7.11 Å². The molecule has 0 spiro atoms. The predicted octanol–water partition coefficient (Wildman–Crippen LogP) is 4.40. The maximum atomic E-state index is 13.7. The smallest absolute Gasteiger partial charge is 0.141 e. The largest absolute Gasteiger partial charge is 0.381 e. The number of hydrogen-bond acceptors (Lipinski definition) is 2. The Balaban J connectivity index is 2.00. The molecule has 1 aromatic carbocycles. The molecule has 1 aliphatic carbocycles. The van der Waals surface area contributed by atoms with E-state index in [1.807, 2.05) is 12.1 Å². The zero-order valence-electron chi connectivity index (χ0n) is 12.2. The average Bonchev–Trinajstić information content (AvgIpc) is 2.49. The lowest BCUT2D eigenvalue weighted by Crippen LogP contribution is -2.26. The monoisotopic (exact) mass is 275 g/mol. The molecule has 3 heteroatoms. The van der Waals surface area contributed by atoms with Crippen molar-refractivity contribution in [2.75, 3.05) is 7.11 Å². The third-order valence-electron chi connectivity index (χ3n) is 4.59. The molecule has 0 bridgehead atoms. The second-order valence-corrected chi connectivity index (χ2v) is 5.65. The van der Waals surface area contributed by atoms with Crippen LogP contribution in [0.5, 0.6) is 0 Å². The molecular weight excluding hydrogens is 253 g/mol. The molecule has 0 N–H and O–H groups in total. The van der Waals surface area contributed by atoms with Crippen LogP contribution in [0.4, 0.5) is 4.39 Å². The molecule has 108 valence electrons. The van der Waals surface area contributed by atoms with E-state index in [0.717, 1.165) is 37.7 Å². The summed E-state index contributed by atoms with van der Waals surface area (Å²) in [4.78, 5) is 0. The predicted molar refractivity (Wildman–Crippen MR) is 76.9 cm³/mol. The first-order chi connectivity index (χ1) is 9.69. The first-order valence-corrected chi connectivity index (χ1v) is 7.41. The summed E-state index contributed by atoms with van der Waals surface area (Å²) in [7, 11) is 1.79. The SMILES string of the molecule is CCC(OC)C1CCC(c2ccc(C#N)c(F)c2)CC1. The van der Waals surface area contributed by atoms with Crippen molar-refractivity contribution in [2.45, 2.75) is 51.0 Å². The van der Waals surface area contributed by atoms with Gasteiger partial charge in [-0.2, -0.15) is 5.26 Å². The third-order valence-corrected chi connectivity index (χ3v) is 4.59. The van der Waals surface area contributed by atoms with Gasteiger partial charge in [-0.1, -0.05) is 13.0 Å². The van der Waals surface area contributed by atoms with Crippen LogP contribution >= 0.6 is 0 Å². The van der Waals surface area contributed by atoms with Crippen molar-refractivity contribution in [1.29, 1.82) is 5.26 Å². The van der Waals surface area contributed by atoms with E-state index < -0.39 is 5.82 Å². The molecule has 0 saturated heterocycles. The summed E-state index contributed by atoms with van der Waals surface area (Å²) in [5.74, 6) is 0.655. The minimum Gasteiger partial charge on any atom is -0.381 e. The van der Waals surface area contributed by atoms with Crippen molar-refractivity contribution in [3.8, 4) is 6.07 Å². The molecule has 1 fully saturated rings. The van der Waals surface area contributed by atoms with Crippen LogP contribution in [0.1, 0.15) is 56.1 Å². The standard InChI is InChI=1S/C17H22FNO/c1-3-17(20-2)13-6-4-12(5-7-13)14-8-9-15(11-19)16(18)10-14/h8-10,12-13,17H,3-7H2,1-2H3. The fourth-order valence-corrected chi connectivity index (χ4v) is 3.39. The Morgan fingerprint density at radius 1 is 1.35 bits per heavy atom. The van der Waals surface area contributed by atoms with Crippen molar-refractivity contribution in [1.82, 2.24) is 0 Å². The van der Waals surface area contributed by atoms with Crippen LogP contribution in [0, 0.1) is 23.1 Å². The normalized spacial score (nSPS) is 24.1. The molecule has 1 atom stereocenters. The Hall–Kier alpha value is -1.40. The second kappa shape index (κ2) is 6.85. The molecule has 0 aromatic heterocycles. The lowest BCUT2D eigenvalue weighted by atomic mass is 9.76. The van der Waals surface area contributed by atoms with Crippen molar-refractivity contribution >= 4 is 0 Å². The quantitative estimate of drug-likeness (QED) is 0.816. The fourth-order valence-electron chi connectivity index (χ4n) is 3.39. The summed E-state index contributed by atoms with van der Waals surface area (Å²) in [6.45, 7) is 2.16. The highest BCUT2D eigenvalue weighted by molar-refractivity contribution is 5.34. The first kappa shape index (κ1) is 15.0. The molecular formula is C17H22FNO. The van der Waals surface area contributed by atoms with Crippen LogP contribution in [-0.4, -0.2) is 13.2 Å². The van der Waals surface area contributed by atoms with E-state index in [1.54, 1.807) is 13.2 Å². The van der Waals surface area contributed by atoms with Crippen LogP contribution in [0.15, 0.2) is 18.2 Å². The summed E-state index contributed by atoms with van der Waals surface area (Å²) in [5, 5.41) is 8.77. The average molecular weight is 275 g/mol. The Labute approximate surface area is 120 Å². The molecule has 1 saturated carbocycles. The number of benzene rings is 1. The van der Waals surface area contributed by atoms with Gasteiger partial charge < -0.3 is 4.74 Å². The topological polar surface area (TPSA) is 33.0 Å². The van der Waals surface area contributed by atoms with Gasteiger partial charge in [0.2, 0.25) is 0 Å². The Morgan fingerprint density at radius 2 is 2.05 bits per heavy atom. The van der Waals surface area contributed by atoms with E-state index in [1.165, 1.54) is 6.07 Å². The number of ether oxygens (including phenoxy) is 1. The minimum atomic E-state index is -0.393. The van der Waals surface area contributed by atoms with Gasteiger partial charge in [-0.05, 0) is 61.6 Å². The number of methoxy groups -OCH3 is 1. The lowest BCUT2D eigenvalue weighted by Gasteiger charge is -2.33. The Morgan fingerprint density at radius 3 is 2.55 bits per heavy atom. The van der Waals surface area contributed by atoms with E-state index >= 15 is 0 Å². The highest BCUT2D eigenvalue weighted by Gasteiger charge is 2.27. The lowest BCUT2D eigenvalue weighted by molar-refractivity contribution is 0.0315. The third kappa shape index (κ3) is 3.19. The highest BCUT2D eigenvalue weighted by atomic mass is 19.1. The van der Waals surface area contributed by atoms with Gasteiger partial charge in [0.05, 0.1) is 11.7 Å². The summed E-state index contributed by atoms with van der Waals surface area (Å²) in [5.41, 5.74) is 1.17. The molecule has 0 aliphatic heterocycles. The van der Waals surface area contributed by atoms with Gasteiger partial charge in [-0.3, -0.25) is 0 Å². The molecule has 0 heterocycles. The van der Waals surface area contributed by atoms with Crippen molar-refractivity contribution < 1.29 is 9.13 Å². The van der Waals surface area contributed by atoms with Crippen LogP contribution in [0.2, 0.25) is 0 Å². The molecule has 1 unspecified atom stereocenters. The zero-order chi connectivity index (χ0) is 14.5. The molecule has 0 radical (unpaired) electrons. The maximum Gasteiger partial charge on any atom is 0.141 e. The van der Waals surface area contributed by atoms with Gasteiger partial charge >= 0.3 is 0 Å². The number of halogens is 1. The summed E-state index contributed by atoms with van der Waals surface area (Å²) >= 11 is 0. The van der Waals surface area contributed by atoms with Crippen molar-refractivity contribution in [3.05, 3.63) is 35.1 Å². The zero-order valence-corrected chi connectivity index (χ0v) is 12.2. The fraction of sp³-hybridized carbons (Fsp3) is 0.588. The van der Waals surface area contributed by atoms with Gasteiger partial charge in [-0.25, -0.2) is 4.39 Å². The molecule has 2 rings (SSSR count). The summed E-state index contributed by atoms with van der Waals surface area (Å²) < 4.78 is 19.2. The number of hydrogen-bond donors (Lipinski definition) is 0. The minimum absolute atomic E-state index is 0.132. The molecule has 1 aromatic rings. The van der Waals surface area contributed by atoms with Crippen LogP contribution in [0.3, 0.4) is 0 Å². The van der Waals surface area contributed by atoms with Gasteiger partial charge in [0.1, 0.15) is 11.9 Å². The first-order valence-electron chi connectivity index (χ1n) is 7.41. The molecule has 20 heavy (non-hydrogen) atoms. The van der Waals surface area contributed by atoms with Crippen LogP contribution < -0.4 is 0 Å². The second-order valence-electron chi connectivity index (χ2n) is 5.65. The Kier molecular flexibility index (Phi) is 5.14. The van der Waals surface area contributed by atoms with Crippen LogP contribution in [-0.2, 0) is 4.74 Å². The van der Waals surface area contributed by atoms with E-state index in [0.29, 0.717) is 17.9 Å². The number of nitriles is 1. The number of nitrogens with zero attached hydrogens (tertiary/aromatic N) is 1. The van der Waals surface area contributed by atoms with Gasteiger partial charge in [0.25, 0.3) is 0 Å². The summed E-state index contributed by atoms with van der Waals surface area (Å²) in [6, 6.07) is 6.91. The van der Waals surface area contributed by atoms with Crippen LogP contribution in [0.25, 0.3) is 0 Å². The van der Waals surface area contributed by atoms with E-state index in [-0.39, 0.29) is 5.56 Å². The molecule has 1 aliphatic rings. The van der Waals surface area contributed by atoms with E-state index in [4.69, 9.17) is 10.00 Å². The van der Waals surface area contributed by atoms with Crippen molar-refractivity contribution in [2.24, 2.45) is 5.92 Å². The van der Waals surface area contributed by atoms with E-state index in [2.05, 4.69) is 6.92 Å². The number of rotatable bonds is 4. The highest BCUT2D eigenvalue weighted by Crippen LogP contribution is 2.38. The Bertz CT molecular complexity index is 482. The van der Waals surface area contributed by atoms with Gasteiger partial charge in [-0.15, -0.1) is 0 Å². The summed E-state index contributed by atoms with van der Waals surface area (Å²) in [6.07, 6.45) is 5.84. The van der Waals surface area contributed by atoms with Crippen molar-refractivity contribution in [3.63, 3.8) is 0 Å². The molecule has 0 amide bonds. The maximum absolute atomic E-state index is 13.7. The van der Waals surface area contributed by atoms with E-state index in [9.17, 15) is 4.39 Å².